The summed E-state index contributed by atoms with van der Waals surface area (Å²) >= 11 is 0. The van der Waals surface area contributed by atoms with Crippen LogP contribution in [0, 0.1) is 0 Å². The number of anilines is 1. The third-order valence-corrected chi connectivity index (χ3v) is 5.42. The average Bonchev–Trinajstić information content (AvgIpc) is 3.54. The molecule has 0 saturated heterocycles. The van der Waals surface area contributed by atoms with Gasteiger partial charge in [-0.15, -0.1) is 15.3 Å². The minimum absolute atomic E-state index is 0.416. The Balaban J connectivity index is 1.36. The third kappa shape index (κ3) is 3.61. The van der Waals surface area contributed by atoms with E-state index >= 15 is 0 Å². The van der Waals surface area contributed by atoms with Crippen molar-refractivity contribution in [2.24, 2.45) is 0 Å². The largest absolute Gasteiger partial charge is 0.457 e. The number of nitrogens with one attached hydrogen (secondary N) is 1. The number of tetrazole rings is 1. The molecule has 3 aromatic carbocycles. The molecule has 0 atom stereocenters. The van der Waals surface area contributed by atoms with E-state index in [4.69, 9.17) is 10.5 Å². The zero-order valence-electron chi connectivity index (χ0n) is 17.8. The fourth-order valence-electron chi connectivity index (χ4n) is 3.77. The van der Waals surface area contributed by atoms with Gasteiger partial charge < -0.3 is 10.5 Å². The number of aromatic nitrogens is 7. The molecule has 0 radical (unpaired) electrons. The van der Waals surface area contributed by atoms with Gasteiger partial charge in [-0.05, 0) is 53.7 Å². The lowest BCUT2D eigenvalue weighted by molar-refractivity contribution is 0.482. The number of aromatic amines is 1. The Morgan fingerprint density at radius 2 is 1.62 bits per heavy atom. The molecule has 3 heterocycles. The van der Waals surface area contributed by atoms with Gasteiger partial charge in [-0.1, -0.05) is 36.4 Å². The number of nitrogens with two attached hydrogens (primary N) is 1. The number of fused-ring (bicyclic) bond motifs is 1. The van der Waals surface area contributed by atoms with Crippen molar-refractivity contribution in [1.82, 2.24) is 35.4 Å². The highest BCUT2D eigenvalue weighted by atomic mass is 16.5. The smallest absolute Gasteiger partial charge is 0.204 e. The van der Waals surface area contributed by atoms with Crippen LogP contribution in [0.25, 0.3) is 39.2 Å². The maximum absolute atomic E-state index is 6.20. The van der Waals surface area contributed by atoms with E-state index in [2.05, 4.69) is 30.7 Å². The predicted molar refractivity (Wildman–Crippen MR) is 128 cm³/mol. The van der Waals surface area contributed by atoms with Gasteiger partial charge in [0.05, 0.1) is 22.3 Å². The van der Waals surface area contributed by atoms with Crippen LogP contribution in [0.5, 0.6) is 11.5 Å². The third-order valence-electron chi connectivity index (χ3n) is 5.42. The molecule has 6 aromatic rings. The predicted octanol–water partition coefficient (Wildman–Crippen LogP) is 4.64. The van der Waals surface area contributed by atoms with Gasteiger partial charge in [0.15, 0.2) is 5.82 Å². The zero-order valence-corrected chi connectivity index (χ0v) is 17.8. The Bertz CT molecular complexity index is 1580. The van der Waals surface area contributed by atoms with Gasteiger partial charge in [0.2, 0.25) is 5.82 Å². The minimum atomic E-state index is 0.416. The fraction of sp³-hybridized carbons (Fsp3) is 0. The highest BCUT2D eigenvalue weighted by Crippen LogP contribution is 2.30. The van der Waals surface area contributed by atoms with Crippen LogP contribution in [0.4, 0.5) is 5.82 Å². The molecule has 164 valence electrons. The maximum atomic E-state index is 6.20. The summed E-state index contributed by atoms with van der Waals surface area (Å²) in [6, 6.07) is 27.1. The van der Waals surface area contributed by atoms with E-state index in [1.807, 2.05) is 89.6 Å². The lowest BCUT2D eigenvalue weighted by Crippen LogP contribution is -1.97. The monoisotopic (exact) mass is 446 g/mol. The van der Waals surface area contributed by atoms with Crippen molar-refractivity contribution in [3.8, 4) is 39.8 Å². The van der Waals surface area contributed by atoms with Crippen molar-refractivity contribution >= 4 is 16.7 Å². The first-order chi connectivity index (χ1) is 16.7. The summed E-state index contributed by atoms with van der Waals surface area (Å²) in [7, 11) is 0. The van der Waals surface area contributed by atoms with E-state index in [0.29, 0.717) is 11.6 Å². The summed E-state index contributed by atoms with van der Waals surface area (Å²) in [4.78, 5) is 4.61. The molecule has 6 rings (SSSR count). The molecule has 0 aliphatic carbocycles. The molecular weight excluding hydrogens is 428 g/mol. The number of benzene rings is 3. The molecular formula is C25H18N8O. The van der Waals surface area contributed by atoms with Crippen molar-refractivity contribution in [1.29, 1.82) is 0 Å². The van der Waals surface area contributed by atoms with E-state index < -0.39 is 0 Å². The number of hydrogen-bond acceptors (Lipinski definition) is 7. The van der Waals surface area contributed by atoms with Crippen LogP contribution in [0.1, 0.15) is 0 Å². The molecule has 0 amide bonds. The normalized spacial score (nSPS) is 11.1. The van der Waals surface area contributed by atoms with Gasteiger partial charge in [-0.2, -0.15) is 5.21 Å². The summed E-state index contributed by atoms with van der Waals surface area (Å²) in [5.74, 6) is 2.46. The minimum Gasteiger partial charge on any atom is -0.457 e. The molecule has 0 saturated carbocycles. The van der Waals surface area contributed by atoms with Crippen LogP contribution in [0.2, 0.25) is 0 Å². The molecule has 34 heavy (non-hydrogen) atoms. The number of nitrogens with zero attached hydrogens (tertiary/aromatic N) is 6. The molecule has 0 aliphatic heterocycles. The topological polar surface area (TPSA) is 120 Å². The van der Waals surface area contributed by atoms with E-state index in [0.717, 1.165) is 44.9 Å². The molecule has 0 fully saturated rings. The van der Waals surface area contributed by atoms with Gasteiger partial charge in [-0.3, -0.25) is 4.98 Å². The second-order valence-electron chi connectivity index (χ2n) is 7.61. The summed E-state index contributed by atoms with van der Waals surface area (Å²) in [5, 5.41) is 19.5. The van der Waals surface area contributed by atoms with Crippen LogP contribution in [-0.4, -0.2) is 35.4 Å². The van der Waals surface area contributed by atoms with Crippen molar-refractivity contribution < 1.29 is 4.74 Å². The lowest BCUT2D eigenvalue weighted by Gasteiger charge is -2.08. The lowest BCUT2D eigenvalue weighted by atomic mass is 10.1. The van der Waals surface area contributed by atoms with E-state index in [-0.39, 0.29) is 0 Å². The van der Waals surface area contributed by atoms with Gasteiger partial charge in [0, 0.05) is 17.3 Å². The van der Waals surface area contributed by atoms with Crippen LogP contribution in [0.15, 0.2) is 91.1 Å². The Morgan fingerprint density at radius 3 is 2.41 bits per heavy atom. The first-order valence-electron chi connectivity index (χ1n) is 10.6. The van der Waals surface area contributed by atoms with Crippen LogP contribution in [-0.2, 0) is 0 Å². The van der Waals surface area contributed by atoms with Gasteiger partial charge in [-0.25, -0.2) is 4.68 Å². The van der Waals surface area contributed by atoms with Crippen molar-refractivity contribution in [3.63, 3.8) is 0 Å². The number of rotatable bonds is 5. The van der Waals surface area contributed by atoms with E-state index in [1.54, 1.807) is 6.20 Å². The standard InChI is InChI=1S/C25H18N8O/c26-24-21-15-27-22(16-5-4-6-17(13-16)25-28-31-32-29-25)14-23(21)33(30-24)18-9-11-20(12-10-18)34-19-7-2-1-3-8-19/h1-15H,(H2,26,30)(H,28,29,31,32). The Hall–Kier alpha value is -5.05. The highest BCUT2D eigenvalue weighted by molar-refractivity contribution is 5.92. The molecule has 0 bridgehead atoms. The maximum Gasteiger partial charge on any atom is 0.204 e. The number of nitrogen functional groups attached to an aromatic ring is 1. The van der Waals surface area contributed by atoms with Gasteiger partial charge in [0.1, 0.15) is 11.5 Å². The van der Waals surface area contributed by atoms with Gasteiger partial charge in [0.25, 0.3) is 0 Å². The Labute approximate surface area is 193 Å². The first-order valence-corrected chi connectivity index (χ1v) is 10.6. The van der Waals surface area contributed by atoms with E-state index in [1.165, 1.54) is 0 Å². The SMILES string of the molecule is Nc1nn(-c2ccc(Oc3ccccc3)cc2)c2cc(-c3cccc(-c4nn[nH]n4)c3)ncc12. The van der Waals surface area contributed by atoms with Crippen LogP contribution < -0.4 is 10.5 Å². The number of hydrogen-bond donors (Lipinski definition) is 2. The number of ether oxygens (including phenoxy) is 1. The summed E-state index contributed by atoms with van der Waals surface area (Å²) in [5.41, 5.74) is 10.5. The first kappa shape index (κ1) is 19.6. The Kier molecular flexibility index (Phi) is 4.70. The summed E-state index contributed by atoms with van der Waals surface area (Å²) in [6.45, 7) is 0. The second kappa shape index (κ2) is 8.14. The quantitative estimate of drug-likeness (QED) is 0.396. The summed E-state index contributed by atoms with van der Waals surface area (Å²) < 4.78 is 7.71. The number of H-pyrrole nitrogens is 1. The summed E-state index contributed by atoms with van der Waals surface area (Å²) in [6.07, 6.45) is 1.75. The van der Waals surface area contributed by atoms with Crippen LogP contribution >= 0.6 is 0 Å². The van der Waals surface area contributed by atoms with Crippen molar-refractivity contribution in [2.45, 2.75) is 0 Å². The molecule has 0 aliphatic rings. The molecule has 0 unspecified atom stereocenters. The van der Waals surface area contributed by atoms with Crippen molar-refractivity contribution in [2.75, 3.05) is 5.73 Å². The molecule has 9 heteroatoms. The van der Waals surface area contributed by atoms with Crippen molar-refractivity contribution in [3.05, 3.63) is 91.1 Å². The fourth-order valence-corrected chi connectivity index (χ4v) is 3.77. The Morgan fingerprint density at radius 1 is 0.824 bits per heavy atom. The van der Waals surface area contributed by atoms with Gasteiger partial charge >= 0.3 is 0 Å². The molecule has 3 N–H and O–H groups in total. The average molecular weight is 446 g/mol. The van der Waals surface area contributed by atoms with E-state index in [9.17, 15) is 0 Å². The zero-order chi connectivity index (χ0) is 22.9. The number of pyridine rings is 1. The molecule has 3 aromatic heterocycles. The molecule has 0 spiro atoms. The second-order valence-corrected chi connectivity index (χ2v) is 7.61. The number of para-hydroxylation sites is 1. The molecule has 9 nitrogen and oxygen atoms in total. The van der Waals surface area contributed by atoms with Crippen LogP contribution in [0.3, 0.4) is 0 Å². The highest BCUT2D eigenvalue weighted by Gasteiger charge is 2.13.